The molecule has 1 heterocycles. The lowest BCUT2D eigenvalue weighted by Crippen LogP contribution is -2.61. The highest BCUT2D eigenvalue weighted by atomic mass is 16.6. The lowest BCUT2D eigenvalue weighted by molar-refractivity contribution is -0.275. The highest BCUT2D eigenvalue weighted by Gasteiger charge is 2.45. The van der Waals surface area contributed by atoms with E-state index in [4.69, 9.17) is 14.2 Å². The highest BCUT2D eigenvalue weighted by molar-refractivity contribution is 5.81. The first-order valence-corrected chi connectivity index (χ1v) is 6.21. The summed E-state index contributed by atoms with van der Waals surface area (Å²) >= 11 is 0. The van der Waals surface area contributed by atoms with E-state index in [2.05, 4.69) is 5.32 Å². The Labute approximate surface area is 116 Å². The van der Waals surface area contributed by atoms with Gasteiger partial charge in [-0.05, 0) is 0 Å². The molecule has 1 aliphatic rings. The van der Waals surface area contributed by atoms with Crippen LogP contribution >= 0.6 is 0 Å². The van der Waals surface area contributed by atoms with Crippen LogP contribution in [0.5, 0.6) is 0 Å². The van der Waals surface area contributed by atoms with E-state index in [0.29, 0.717) is 13.2 Å². The van der Waals surface area contributed by atoms with Crippen molar-refractivity contribution in [2.75, 3.05) is 33.5 Å². The topological polar surface area (TPSA) is 138 Å². The van der Waals surface area contributed by atoms with Crippen molar-refractivity contribution in [3.05, 3.63) is 0 Å². The molecule has 20 heavy (non-hydrogen) atoms. The molecular weight excluding hydrogens is 274 g/mol. The second kappa shape index (κ2) is 8.47. The molecule has 0 aromatic carbocycles. The average Bonchev–Trinajstić information content (AvgIpc) is 2.44. The molecule has 1 fully saturated rings. The van der Waals surface area contributed by atoms with Gasteiger partial charge in [-0.2, -0.15) is 0 Å². The number of ether oxygens (including phenoxy) is 3. The van der Waals surface area contributed by atoms with Crippen LogP contribution in [0, 0.1) is 0 Å². The number of carbonyl (C=O) groups is 1. The summed E-state index contributed by atoms with van der Waals surface area (Å²) in [6.07, 6.45) is -8.13. The molecule has 1 rings (SSSR count). The van der Waals surface area contributed by atoms with Gasteiger partial charge in [0.2, 0.25) is 0 Å². The number of nitrogens with one attached hydrogen (secondary N) is 1. The molecule has 1 amide bonds. The maximum absolute atomic E-state index is 11.7. The molecule has 1 saturated heterocycles. The minimum absolute atomic E-state index is 0.171. The van der Waals surface area contributed by atoms with Gasteiger partial charge in [0.1, 0.15) is 18.3 Å². The van der Waals surface area contributed by atoms with Crippen LogP contribution in [-0.4, -0.2) is 90.5 Å². The van der Waals surface area contributed by atoms with E-state index in [1.54, 1.807) is 0 Å². The summed E-state index contributed by atoms with van der Waals surface area (Å²) in [6, 6.07) is 0. The molecule has 9 heteroatoms. The largest absolute Gasteiger partial charge is 0.387 e. The summed E-state index contributed by atoms with van der Waals surface area (Å²) in [4.78, 5) is 11.7. The summed E-state index contributed by atoms with van der Waals surface area (Å²) in [6.45, 7) is 1.24. The summed E-state index contributed by atoms with van der Waals surface area (Å²) < 4.78 is 14.6. The van der Waals surface area contributed by atoms with Crippen LogP contribution in [0.1, 0.15) is 0 Å². The molecule has 1 aliphatic heterocycles. The van der Waals surface area contributed by atoms with Crippen LogP contribution < -0.4 is 5.32 Å². The zero-order valence-electron chi connectivity index (χ0n) is 11.1. The smallest absolute Gasteiger partial charge is 0.252 e. The van der Waals surface area contributed by atoms with Gasteiger partial charge in [0.25, 0.3) is 5.91 Å². The molecule has 9 nitrogen and oxygen atoms in total. The maximum atomic E-state index is 11.7. The predicted molar refractivity (Wildman–Crippen MR) is 64.6 cm³/mol. The van der Waals surface area contributed by atoms with Gasteiger partial charge in [-0.1, -0.05) is 0 Å². The maximum Gasteiger partial charge on any atom is 0.252 e. The van der Waals surface area contributed by atoms with Crippen LogP contribution in [-0.2, 0) is 19.0 Å². The van der Waals surface area contributed by atoms with E-state index in [0.717, 1.165) is 0 Å². The standard InChI is InChI=1S/C11H21NO8/c1-18-4-5-19-3-2-12-10(16)9-7(14)6(13)8(15)11(17)20-9/h6-9,11,13-15,17H,2-5H2,1H3,(H,12,16)/t6-,7+,8?,9?,11+/m0/s1. The fourth-order valence-electron chi connectivity index (χ4n) is 1.67. The fraction of sp³-hybridized carbons (Fsp3) is 0.909. The van der Waals surface area contributed by atoms with Crippen molar-refractivity contribution in [1.29, 1.82) is 0 Å². The Morgan fingerprint density at radius 2 is 1.80 bits per heavy atom. The Morgan fingerprint density at radius 1 is 1.10 bits per heavy atom. The first-order chi connectivity index (χ1) is 9.49. The number of hydrogen-bond acceptors (Lipinski definition) is 8. The molecule has 2 unspecified atom stereocenters. The summed E-state index contributed by atoms with van der Waals surface area (Å²) in [5, 5.41) is 40.0. The van der Waals surface area contributed by atoms with Crippen molar-refractivity contribution in [3.8, 4) is 0 Å². The summed E-state index contributed by atoms with van der Waals surface area (Å²) in [7, 11) is 1.54. The van der Waals surface area contributed by atoms with Gasteiger partial charge >= 0.3 is 0 Å². The van der Waals surface area contributed by atoms with Gasteiger partial charge in [-0.15, -0.1) is 0 Å². The monoisotopic (exact) mass is 295 g/mol. The highest BCUT2D eigenvalue weighted by Crippen LogP contribution is 2.19. The number of aliphatic hydroxyl groups excluding tert-OH is 4. The third-order valence-electron chi connectivity index (χ3n) is 2.82. The van der Waals surface area contributed by atoms with Gasteiger partial charge in [0.15, 0.2) is 12.4 Å². The second-order valence-corrected chi connectivity index (χ2v) is 4.32. The van der Waals surface area contributed by atoms with Crippen molar-refractivity contribution < 1.29 is 39.4 Å². The van der Waals surface area contributed by atoms with Crippen molar-refractivity contribution in [1.82, 2.24) is 5.32 Å². The molecule has 0 spiro atoms. The van der Waals surface area contributed by atoms with Crippen LogP contribution in [0.3, 0.4) is 0 Å². The molecule has 0 bridgehead atoms. The van der Waals surface area contributed by atoms with Gasteiger partial charge in [-0.3, -0.25) is 4.79 Å². The van der Waals surface area contributed by atoms with Gasteiger partial charge in [0, 0.05) is 13.7 Å². The molecule has 118 valence electrons. The summed E-state index contributed by atoms with van der Waals surface area (Å²) in [5.41, 5.74) is 0. The Hall–Kier alpha value is -0.810. The minimum atomic E-state index is -1.73. The zero-order valence-corrected chi connectivity index (χ0v) is 11.1. The Kier molecular flexibility index (Phi) is 7.30. The number of carbonyl (C=O) groups excluding carboxylic acids is 1. The zero-order chi connectivity index (χ0) is 15.1. The Bertz CT molecular complexity index is 302. The molecule has 5 atom stereocenters. The third kappa shape index (κ3) is 4.63. The van der Waals surface area contributed by atoms with E-state index in [-0.39, 0.29) is 13.2 Å². The SMILES string of the molecule is COCCOCCNC(=O)C1O[C@@H](O)C(O)[C@@H](O)[C@H]1O. The first-order valence-electron chi connectivity index (χ1n) is 6.21. The van der Waals surface area contributed by atoms with Crippen molar-refractivity contribution in [2.24, 2.45) is 0 Å². The van der Waals surface area contributed by atoms with Crippen LogP contribution in [0.15, 0.2) is 0 Å². The van der Waals surface area contributed by atoms with E-state index >= 15 is 0 Å². The number of aliphatic hydroxyl groups is 4. The molecule has 0 aliphatic carbocycles. The number of methoxy groups -OCH3 is 1. The molecule has 0 aromatic heterocycles. The van der Waals surface area contributed by atoms with E-state index in [9.17, 15) is 25.2 Å². The minimum Gasteiger partial charge on any atom is -0.387 e. The lowest BCUT2D eigenvalue weighted by atomic mass is 9.98. The van der Waals surface area contributed by atoms with E-state index < -0.39 is 36.6 Å². The van der Waals surface area contributed by atoms with Crippen LogP contribution in [0.25, 0.3) is 0 Å². The fourth-order valence-corrected chi connectivity index (χ4v) is 1.67. The normalized spacial score (nSPS) is 34.0. The Balaban J connectivity index is 2.32. The quantitative estimate of drug-likeness (QED) is 0.306. The molecule has 0 saturated carbocycles. The second-order valence-electron chi connectivity index (χ2n) is 4.32. The van der Waals surface area contributed by atoms with E-state index in [1.165, 1.54) is 7.11 Å². The number of rotatable bonds is 7. The summed E-state index contributed by atoms with van der Waals surface area (Å²) in [5.74, 6) is -0.710. The Morgan fingerprint density at radius 3 is 2.45 bits per heavy atom. The van der Waals surface area contributed by atoms with E-state index in [1.807, 2.05) is 0 Å². The average molecular weight is 295 g/mol. The number of hydrogen-bond donors (Lipinski definition) is 5. The van der Waals surface area contributed by atoms with Crippen molar-refractivity contribution in [3.63, 3.8) is 0 Å². The third-order valence-corrected chi connectivity index (χ3v) is 2.82. The van der Waals surface area contributed by atoms with Crippen molar-refractivity contribution in [2.45, 2.75) is 30.7 Å². The van der Waals surface area contributed by atoms with Crippen LogP contribution in [0.2, 0.25) is 0 Å². The molecular formula is C11H21NO8. The molecule has 5 N–H and O–H groups in total. The first kappa shape index (κ1) is 17.2. The van der Waals surface area contributed by atoms with Gasteiger partial charge < -0.3 is 40.0 Å². The molecule has 0 aromatic rings. The molecule has 0 radical (unpaired) electrons. The van der Waals surface area contributed by atoms with Crippen molar-refractivity contribution >= 4 is 5.91 Å². The lowest BCUT2D eigenvalue weighted by Gasteiger charge is -2.37. The number of amides is 1. The van der Waals surface area contributed by atoms with Gasteiger partial charge in [-0.25, -0.2) is 0 Å². The van der Waals surface area contributed by atoms with Gasteiger partial charge in [0.05, 0.1) is 19.8 Å². The predicted octanol–water partition coefficient (Wildman–Crippen LogP) is -3.43. The van der Waals surface area contributed by atoms with Crippen LogP contribution in [0.4, 0.5) is 0 Å².